The number of Topliss-reactive ketones (excluding diaryl/α,β-unsaturated/α-hetero) is 1. The Morgan fingerprint density at radius 1 is 1.09 bits per heavy atom. The third-order valence-electron chi connectivity index (χ3n) is 13.2. The molecule has 2 saturated heterocycles. The molecule has 0 saturated carbocycles. The van der Waals surface area contributed by atoms with Crippen LogP contribution < -0.4 is 10.7 Å². The van der Waals surface area contributed by atoms with Crippen LogP contribution in [0.5, 0.6) is 0 Å². The van der Waals surface area contributed by atoms with E-state index in [1.54, 1.807) is 27.2 Å². The van der Waals surface area contributed by atoms with E-state index in [9.17, 15) is 37.1 Å². The molecule has 3 aliphatic heterocycles. The van der Waals surface area contributed by atoms with Gasteiger partial charge in [0.2, 0.25) is 11.7 Å². The van der Waals surface area contributed by atoms with Gasteiger partial charge in [0.15, 0.2) is 0 Å². The van der Waals surface area contributed by atoms with Crippen molar-refractivity contribution >= 4 is 51.8 Å². The average Bonchev–Trinajstić information content (AvgIpc) is 3.90. The van der Waals surface area contributed by atoms with Crippen molar-refractivity contribution in [2.45, 2.75) is 117 Å². The third-order valence-corrected chi connectivity index (χ3v) is 14.1. The number of thiazole rings is 1. The quantitative estimate of drug-likeness (QED) is 0.165. The number of cyclic esters (lactones) is 1. The standard InChI is InChI=1S/C48H61F3N8O7S/c1-9-58-37-15-14-30-22-32(37)33(41(58)31-12-10-18-52-39(31)28(4)65-8)24-47(5,6)26-66-45(63)34-13-11-19-59(55-34)44(62)35(23-38-53-36(30)25-67-38)54-43(61)40(27(2)3)56(7)46(64)57-20-16-29(17-21-57)42(60)48(49,50)51/h10,12,14-15,18,22,25,27-29,34-35,40,55H,9,11,13,16-17,19-21,23-24,26H2,1-8H3,(H,54,61)/t28-,34-,35-,40-/m0/s1. The van der Waals surface area contributed by atoms with Gasteiger partial charge in [0.25, 0.3) is 5.91 Å². The molecule has 4 amide bonds. The monoisotopic (exact) mass is 950 g/mol. The summed E-state index contributed by atoms with van der Waals surface area (Å²) in [4.78, 5) is 80.9. The van der Waals surface area contributed by atoms with Crippen LogP contribution in [-0.4, -0.2) is 124 Å². The molecule has 7 rings (SSSR count). The third kappa shape index (κ3) is 10.5. The number of nitrogens with one attached hydrogen (secondary N) is 2. The number of piperidine rings is 1. The SMILES string of the molecule is CCn1c(-c2cccnc2[C@H](C)OC)c2c3cc(ccc31)-c1csc(n1)C[C@H](NC(=O)[C@H](C(C)C)N(C)C(=O)N1CCC(C(=O)C(F)(F)F)CC1)C(=O)N1CCC[C@H](N1)C(=O)OCC(C)(C)C2. The van der Waals surface area contributed by atoms with Gasteiger partial charge in [-0.2, -0.15) is 13.2 Å². The Bertz CT molecular complexity index is 2500. The lowest BCUT2D eigenvalue weighted by atomic mass is 9.84. The topological polar surface area (TPSA) is 168 Å². The number of rotatable bonds is 9. The van der Waals surface area contributed by atoms with Gasteiger partial charge in [0, 0.05) is 91.7 Å². The van der Waals surface area contributed by atoms with Crippen molar-refractivity contribution in [2.75, 3.05) is 40.4 Å². The predicted octanol–water partition coefficient (Wildman–Crippen LogP) is 7.12. The highest BCUT2D eigenvalue weighted by Crippen LogP contribution is 2.42. The summed E-state index contributed by atoms with van der Waals surface area (Å²) in [6.07, 6.45) is -2.35. The van der Waals surface area contributed by atoms with Gasteiger partial charge in [0.1, 0.15) is 18.1 Å². The van der Waals surface area contributed by atoms with E-state index in [0.717, 1.165) is 39.0 Å². The fourth-order valence-corrected chi connectivity index (χ4v) is 10.5. The van der Waals surface area contributed by atoms with E-state index in [4.69, 9.17) is 19.4 Å². The molecule has 0 unspecified atom stereocenters. The van der Waals surface area contributed by atoms with Crippen LogP contribution in [0, 0.1) is 17.3 Å². The molecule has 1 aromatic carbocycles. The predicted molar refractivity (Wildman–Crippen MR) is 246 cm³/mol. The molecule has 0 aliphatic carbocycles. The zero-order chi connectivity index (χ0) is 48.5. The lowest BCUT2D eigenvalue weighted by Crippen LogP contribution is -2.62. The molecule has 0 spiro atoms. The van der Waals surface area contributed by atoms with Gasteiger partial charge >= 0.3 is 18.2 Å². The minimum atomic E-state index is -4.96. The molecule has 3 aromatic heterocycles. The van der Waals surface area contributed by atoms with Gasteiger partial charge in [-0.1, -0.05) is 33.8 Å². The van der Waals surface area contributed by atoms with Crippen LogP contribution in [0.4, 0.5) is 18.0 Å². The molecule has 19 heteroatoms. The molecule has 362 valence electrons. The number of hydrazine groups is 1. The van der Waals surface area contributed by atoms with Crippen molar-refractivity contribution in [3.8, 4) is 22.5 Å². The van der Waals surface area contributed by atoms with Crippen LogP contribution in [0.3, 0.4) is 0 Å². The summed E-state index contributed by atoms with van der Waals surface area (Å²) in [5.74, 6) is -5.13. The second-order valence-electron chi connectivity index (χ2n) is 19.0. The van der Waals surface area contributed by atoms with Crippen molar-refractivity contribution in [2.24, 2.45) is 17.3 Å². The van der Waals surface area contributed by atoms with Crippen LogP contribution in [0.1, 0.15) is 89.6 Å². The number of carbonyl (C=O) groups excluding carboxylic acids is 5. The molecule has 2 N–H and O–H groups in total. The van der Waals surface area contributed by atoms with E-state index in [-0.39, 0.29) is 51.6 Å². The number of benzene rings is 1. The number of alkyl halides is 3. The second kappa shape index (κ2) is 20.1. The summed E-state index contributed by atoms with van der Waals surface area (Å²) in [5.41, 5.74) is 8.89. The van der Waals surface area contributed by atoms with E-state index in [2.05, 4.69) is 54.3 Å². The number of pyridine rings is 1. The van der Waals surface area contributed by atoms with Crippen LogP contribution in [0.2, 0.25) is 0 Å². The molecule has 15 nitrogen and oxygen atoms in total. The van der Waals surface area contributed by atoms with Crippen LogP contribution in [-0.2, 0) is 48.0 Å². The van der Waals surface area contributed by atoms with Gasteiger partial charge in [-0.3, -0.25) is 29.2 Å². The molecule has 4 aromatic rings. The first kappa shape index (κ1) is 49.5. The summed E-state index contributed by atoms with van der Waals surface area (Å²) in [5, 5.41) is 7.76. The fraction of sp³-hybridized carbons (Fsp3) is 0.562. The number of esters is 1. The second-order valence-corrected chi connectivity index (χ2v) is 19.9. The average molecular weight is 951 g/mol. The number of amides is 4. The summed E-state index contributed by atoms with van der Waals surface area (Å²) in [6.45, 7) is 12.5. The van der Waals surface area contributed by atoms with Gasteiger partial charge in [-0.25, -0.2) is 15.2 Å². The normalized spacial score (nSPS) is 20.6. The van der Waals surface area contributed by atoms with Crippen LogP contribution in [0.25, 0.3) is 33.4 Å². The minimum Gasteiger partial charge on any atom is -0.464 e. The smallest absolute Gasteiger partial charge is 0.450 e. The van der Waals surface area contributed by atoms with Gasteiger partial charge < -0.3 is 29.2 Å². The van der Waals surface area contributed by atoms with Crippen molar-refractivity contribution < 1.29 is 46.6 Å². The van der Waals surface area contributed by atoms with Crippen molar-refractivity contribution in [1.82, 2.24) is 40.1 Å². The molecule has 0 radical (unpaired) electrons. The molecule has 2 fully saturated rings. The highest BCUT2D eigenvalue weighted by Gasteiger charge is 2.45. The van der Waals surface area contributed by atoms with Crippen molar-refractivity contribution in [3.05, 3.63) is 58.2 Å². The Balaban J connectivity index is 1.23. The van der Waals surface area contributed by atoms with Gasteiger partial charge in [0.05, 0.1) is 34.8 Å². The number of fused-ring (bicyclic) bond motifs is 6. The largest absolute Gasteiger partial charge is 0.464 e. The number of ketones is 1. The Labute approximate surface area is 392 Å². The molecule has 4 atom stereocenters. The number of halogens is 3. The number of methoxy groups -OCH3 is 1. The number of carbonyl (C=O) groups is 5. The number of nitrogens with zero attached hydrogens (tertiary/aromatic N) is 6. The zero-order valence-electron chi connectivity index (χ0n) is 39.4. The molecule has 6 heterocycles. The number of hydrogen-bond donors (Lipinski definition) is 2. The Hall–Kier alpha value is -5.40. The summed E-state index contributed by atoms with van der Waals surface area (Å²) in [6, 6.07) is 6.53. The lowest BCUT2D eigenvalue weighted by Gasteiger charge is -2.38. The van der Waals surface area contributed by atoms with E-state index >= 15 is 0 Å². The minimum absolute atomic E-state index is 0.00866. The van der Waals surface area contributed by atoms with Gasteiger partial charge in [-0.05, 0) is 81.7 Å². The summed E-state index contributed by atoms with van der Waals surface area (Å²) in [7, 11) is 3.10. The first-order valence-corrected chi connectivity index (χ1v) is 23.9. The zero-order valence-corrected chi connectivity index (χ0v) is 40.2. The molecular weight excluding hydrogens is 890 g/mol. The highest BCUT2D eigenvalue weighted by molar-refractivity contribution is 7.10. The maximum atomic E-state index is 14.6. The first-order chi connectivity index (χ1) is 31.7. The van der Waals surface area contributed by atoms with E-state index in [0.29, 0.717) is 36.5 Å². The Kier molecular flexibility index (Phi) is 14.8. The van der Waals surface area contributed by atoms with Crippen molar-refractivity contribution in [3.63, 3.8) is 0 Å². The first-order valence-electron chi connectivity index (χ1n) is 23.0. The van der Waals surface area contributed by atoms with E-state index < -0.39 is 71.2 Å². The highest BCUT2D eigenvalue weighted by atomic mass is 32.1. The number of urea groups is 1. The van der Waals surface area contributed by atoms with Crippen molar-refractivity contribution in [1.29, 1.82) is 0 Å². The number of aromatic nitrogens is 3. The number of likely N-dealkylation sites (N-methyl/N-ethyl adjacent to an activating group) is 1. The number of likely N-dealkylation sites (tertiary alicyclic amines) is 1. The molecule has 3 aliphatic rings. The Morgan fingerprint density at radius 3 is 2.49 bits per heavy atom. The van der Waals surface area contributed by atoms with Crippen LogP contribution >= 0.6 is 11.3 Å². The number of ether oxygens (including phenoxy) is 2. The lowest BCUT2D eigenvalue weighted by molar-refractivity contribution is -0.176. The maximum absolute atomic E-state index is 14.6. The molecule has 6 bridgehead atoms. The molecule has 67 heavy (non-hydrogen) atoms. The number of aryl methyl sites for hydroxylation is 1. The van der Waals surface area contributed by atoms with E-state index in [1.165, 1.54) is 33.2 Å². The number of hydrogen-bond acceptors (Lipinski definition) is 11. The Morgan fingerprint density at radius 2 is 1.82 bits per heavy atom. The summed E-state index contributed by atoms with van der Waals surface area (Å²) < 4.78 is 53.6. The van der Waals surface area contributed by atoms with Gasteiger partial charge in [-0.15, -0.1) is 11.3 Å². The molecular formula is C48H61F3N8O7S. The summed E-state index contributed by atoms with van der Waals surface area (Å²) >= 11 is 1.34. The fourth-order valence-electron chi connectivity index (χ4n) is 9.65. The van der Waals surface area contributed by atoms with Crippen LogP contribution in [0.15, 0.2) is 41.9 Å². The maximum Gasteiger partial charge on any atom is 0.450 e. The van der Waals surface area contributed by atoms with E-state index in [1.807, 2.05) is 24.4 Å².